The van der Waals surface area contributed by atoms with Gasteiger partial charge in [0.1, 0.15) is 5.01 Å². The van der Waals surface area contributed by atoms with Crippen LogP contribution in [0.5, 0.6) is 17.2 Å². The van der Waals surface area contributed by atoms with Crippen LogP contribution in [0.15, 0.2) is 17.6 Å². The average molecular weight is 335 g/mol. The third-order valence-corrected chi connectivity index (χ3v) is 4.94. The molecular weight excluding hydrogens is 314 g/mol. The number of ether oxygens (including phenoxy) is 3. The normalized spacial score (nSPS) is 17.1. The van der Waals surface area contributed by atoms with Gasteiger partial charge in [-0.3, -0.25) is 4.90 Å². The van der Waals surface area contributed by atoms with Gasteiger partial charge in [0, 0.05) is 36.3 Å². The number of hydrogen-bond acceptors (Lipinski definition) is 7. The predicted molar refractivity (Wildman–Crippen MR) is 89.3 cm³/mol. The number of rotatable bonds is 6. The Morgan fingerprint density at radius 3 is 2.61 bits per heavy atom. The Balaban J connectivity index is 2.02. The Hall–Kier alpha value is -1.83. The van der Waals surface area contributed by atoms with Crippen LogP contribution in [0.1, 0.15) is 22.2 Å². The van der Waals surface area contributed by atoms with E-state index in [0.29, 0.717) is 18.0 Å². The van der Waals surface area contributed by atoms with E-state index in [-0.39, 0.29) is 6.04 Å². The zero-order valence-electron chi connectivity index (χ0n) is 13.5. The van der Waals surface area contributed by atoms with Crippen molar-refractivity contribution >= 4 is 11.3 Å². The summed E-state index contributed by atoms with van der Waals surface area (Å²) in [6, 6.07) is 2.12. The molecule has 1 aromatic heterocycles. The van der Waals surface area contributed by atoms with Crippen molar-refractivity contribution in [2.45, 2.75) is 19.1 Å². The molecular formula is C16H21N3O3S. The molecule has 1 aromatic carbocycles. The molecule has 6 nitrogen and oxygen atoms in total. The molecule has 124 valence electrons. The van der Waals surface area contributed by atoms with E-state index in [1.165, 1.54) is 0 Å². The Bertz CT molecular complexity index is 676. The monoisotopic (exact) mass is 335 g/mol. The first kappa shape index (κ1) is 16.0. The molecule has 23 heavy (non-hydrogen) atoms. The van der Waals surface area contributed by atoms with Crippen LogP contribution in [-0.2, 0) is 13.1 Å². The molecule has 0 amide bonds. The lowest BCUT2D eigenvalue weighted by Crippen LogP contribution is -2.27. The maximum atomic E-state index is 6.05. The number of aromatic nitrogens is 1. The van der Waals surface area contributed by atoms with Crippen molar-refractivity contribution in [3.63, 3.8) is 0 Å². The molecule has 1 aliphatic heterocycles. The molecule has 1 unspecified atom stereocenters. The molecule has 2 aromatic rings. The fraction of sp³-hybridized carbons (Fsp3) is 0.438. The highest BCUT2D eigenvalue weighted by atomic mass is 32.1. The van der Waals surface area contributed by atoms with Crippen molar-refractivity contribution in [2.75, 3.05) is 27.9 Å². The van der Waals surface area contributed by atoms with Crippen LogP contribution < -0.4 is 19.9 Å². The molecule has 0 spiro atoms. The maximum absolute atomic E-state index is 6.05. The second kappa shape index (κ2) is 6.74. The van der Waals surface area contributed by atoms with E-state index in [2.05, 4.69) is 9.88 Å². The van der Waals surface area contributed by atoms with Crippen molar-refractivity contribution in [3.05, 3.63) is 33.8 Å². The molecule has 0 bridgehead atoms. The van der Waals surface area contributed by atoms with Crippen LogP contribution in [0.4, 0.5) is 0 Å². The highest BCUT2D eigenvalue weighted by Gasteiger charge is 2.35. The molecule has 1 atom stereocenters. The zero-order chi connectivity index (χ0) is 16.4. The SMILES string of the molecule is COc1cc2c(c(OC)c1OC)CN(Cc1nccs1)C2CN. The molecule has 0 aliphatic carbocycles. The van der Waals surface area contributed by atoms with E-state index < -0.39 is 0 Å². The van der Waals surface area contributed by atoms with Crippen LogP contribution in [0.3, 0.4) is 0 Å². The van der Waals surface area contributed by atoms with Crippen molar-refractivity contribution < 1.29 is 14.2 Å². The first-order valence-corrected chi connectivity index (χ1v) is 8.25. The van der Waals surface area contributed by atoms with Crippen LogP contribution in [0.2, 0.25) is 0 Å². The summed E-state index contributed by atoms with van der Waals surface area (Å²) in [5.41, 5.74) is 8.30. The Labute approximate surface area is 139 Å². The molecule has 0 fully saturated rings. The van der Waals surface area contributed by atoms with Gasteiger partial charge in [0.05, 0.1) is 27.9 Å². The number of nitrogens with two attached hydrogens (primary N) is 1. The van der Waals surface area contributed by atoms with Crippen molar-refractivity contribution in [1.29, 1.82) is 0 Å². The number of nitrogens with zero attached hydrogens (tertiary/aromatic N) is 2. The number of methoxy groups -OCH3 is 3. The summed E-state index contributed by atoms with van der Waals surface area (Å²) in [6.45, 7) is 2.04. The molecule has 0 saturated carbocycles. The number of fused-ring (bicyclic) bond motifs is 1. The Morgan fingerprint density at radius 2 is 2.04 bits per heavy atom. The van der Waals surface area contributed by atoms with Gasteiger partial charge in [0.15, 0.2) is 11.5 Å². The van der Waals surface area contributed by atoms with Crippen LogP contribution in [-0.4, -0.2) is 37.8 Å². The molecule has 3 rings (SSSR count). The minimum absolute atomic E-state index is 0.114. The van der Waals surface area contributed by atoms with E-state index >= 15 is 0 Å². The van der Waals surface area contributed by atoms with E-state index in [1.807, 2.05) is 17.6 Å². The van der Waals surface area contributed by atoms with E-state index in [4.69, 9.17) is 19.9 Å². The Morgan fingerprint density at radius 1 is 1.26 bits per heavy atom. The molecule has 2 N–H and O–H groups in total. The van der Waals surface area contributed by atoms with E-state index in [0.717, 1.165) is 35.0 Å². The average Bonchev–Trinajstić information content (AvgIpc) is 3.20. The quantitative estimate of drug-likeness (QED) is 0.872. The highest BCUT2D eigenvalue weighted by Crippen LogP contribution is 2.48. The lowest BCUT2D eigenvalue weighted by atomic mass is 10.0. The second-order valence-corrected chi connectivity index (χ2v) is 6.27. The Kier molecular flexibility index (Phi) is 4.70. The highest BCUT2D eigenvalue weighted by molar-refractivity contribution is 7.09. The van der Waals surface area contributed by atoms with Gasteiger partial charge in [0.2, 0.25) is 5.75 Å². The van der Waals surface area contributed by atoms with E-state index in [1.54, 1.807) is 32.7 Å². The molecule has 0 radical (unpaired) electrons. The van der Waals surface area contributed by atoms with Gasteiger partial charge in [-0.2, -0.15) is 0 Å². The second-order valence-electron chi connectivity index (χ2n) is 5.30. The molecule has 0 saturated heterocycles. The van der Waals surface area contributed by atoms with Gasteiger partial charge < -0.3 is 19.9 Å². The zero-order valence-corrected chi connectivity index (χ0v) is 14.4. The summed E-state index contributed by atoms with van der Waals surface area (Å²) < 4.78 is 16.6. The van der Waals surface area contributed by atoms with Gasteiger partial charge in [-0.25, -0.2) is 4.98 Å². The fourth-order valence-corrected chi connectivity index (χ4v) is 3.79. The van der Waals surface area contributed by atoms with Crippen LogP contribution in [0.25, 0.3) is 0 Å². The standard InChI is InChI=1S/C16H21N3O3S/c1-20-13-6-10-11(15(21-2)16(13)22-3)8-19(12(10)7-17)9-14-18-4-5-23-14/h4-6,12H,7-9,17H2,1-3H3. The largest absolute Gasteiger partial charge is 0.493 e. The summed E-state index contributed by atoms with van der Waals surface area (Å²) in [7, 11) is 4.90. The smallest absolute Gasteiger partial charge is 0.203 e. The third kappa shape index (κ3) is 2.75. The van der Waals surface area contributed by atoms with Crippen LogP contribution in [0, 0.1) is 0 Å². The van der Waals surface area contributed by atoms with Crippen molar-refractivity contribution in [1.82, 2.24) is 9.88 Å². The summed E-state index contributed by atoms with van der Waals surface area (Å²) in [4.78, 5) is 6.69. The number of benzene rings is 1. The van der Waals surface area contributed by atoms with Gasteiger partial charge >= 0.3 is 0 Å². The first-order valence-electron chi connectivity index (χ1n) is 7.37. The molecule has 1 aliphatic rings. The first-order chi connectivity index (χ1) is 11.2. The lowest BCUT2D eigenvalue weighted by Gasteiger charge is -2.22. The summed E-state index contributed by atoms with van der Waals surface area (Å²) in [5, 5.41) is 3.07. The minimum atomic E-state index is 0.114. The van der Waals surface area contributed by atoms with Gasteiger partial charge in [-0.1, -0.05) is 0 Å². The molecule has 7 heteroatoms. The topological polar surface area (TPSA) is 69.8 Å². The maximum Gasteiger partial charge on any atom is 0.203 e. The van der Waals surface area contributed by atoms with Gasteiger partial charge in [0.25, 0.3) is 0 Å². The van der Waals surface area contributed by atoms with Crippen molar-refractivity contribution in [3.8, 4) is 17.2 Å². The summed E-state index contributed by atoms with van der Waals surface area (Å²) in [5.74, 6) is 2.01. The van der Waals surface area contributed by atoms with Gasteiger partial charge in [-0.05, 0) is 11.6 Å². The number of hydrogen-bond donors (Lipinski definition) is 1. The third-order valence-electron chi connectivity index (χ3n) is 4.17. The number of thiazole rings is 1. The van der Waals surface area contributed by atoms with E-state index in [9.17, 15) is 0 Å². The predicted octanol–water partition coefficient (Wildman–Crippen LogP) is 2.18. The minimum Gasteiger partial charge on any atom is -0.493 e. The molecule has 2 heterocycles. The lowest BCUT2D eigenvalue weighted by molar-refractivity contribution is 0.209. The fourth-order valence-electron chi connectivity index (χ4n) is 3.15. The van der Waals surface area contributed by atoms with Crippen LogP contribution >= 0.6 is 11.3 Å². The summed E-state index contributed by atoms with van der Waals surface area (Å²) >= 11 is 1.65. The van der Waals surface area contributed by atoms with Crippen molar-refractivity contribution in [2.24, 2.45) is 5.73 Å². The van der Waals surface area contributed by atoms with Gasteiger partial charge in [-0.15, -0.1) is 11.3 Å². The summed E-state index contributed by atoms with van der Waals surface area (Å²) in [6.07, 6.45) is 1.83.